The molecular formula is C11H15ClN4O3. The zero-order chi connectivity index (χ0) is 14.3. The van der Waals surface area contributed by atoms with Gasteiger partial charge in [0.1, 0.15) is 5.15 Å². The molecule has 1 rings (SSSR count). The van der Waals surface area contributed by atoms with Gasteiger partial charge in [0.15, 0.2) is 0 Å². The molecule has 0 aliphatic rings. The summed E-state index contributed by atoms with van der Waals surface area (Å²) in [5.41, 5.74) is -0.168. The maximum Gasteiger partial charge on any atom is 0.311 e. The monoisotopic (exact) mass is 286 g/mol. The Morgan fingerprint density at radius 3 is 2.84 bits per heavy atom. The van der Waals surface area contributed by atoms with Gasteiger partial charge in [-0.15, -0.1) is 0 Å². The van der Waals surface area contributed by atoms with Gasteiger partial charge in [-0.25, -0.2) is 4.98 Å². The second-order valence-electron chi connectivity index (χ2n) is 3.79. The molecule has 1 heterocycles. The van der Waals surface area contributed by atoms with Crippen molar-refractivity contribution in [2.75, 3.05) is 18.4 Å². The fraction of sp³-hybridized carbons (Fsp3) is 0.455. The second kappa shape index (κ2) is 7.52. The van der Waals surface area contributed by atoms with Crippen LogP contribution >= 0.6 is 11.6 Å². The molecule has 0 aliphatic carbocycles. The van der Waals surface area contributed by atoms with Crippen LogP contribution in [0.4, 0.5) is 11.5 Å². The van der Waals surface area contributed by atoms with Crippen LogP contribution in [0.1, 0.15) is 19.8 Å². The Labute approximate surface area is 115 Å². The third kappa shape index (κ3) is 5.09. The predicted molar refractivity (Wildman–Crippen MR) is 72.3 cm³/mol. The van der Waals surface area contributed by atoms with Gasteiger partial charge in [-0.3, -0.25) is 14.9 Å². The first-order valence-electron chi connectivity index (χ1n) is 5.86. The molecule has 0 atom stereocenters. The molecule has 104 valence electrons. The van der Waals surface area contributed by atoms with Gasteiger partial charge in [0.2, 0.25) is 11.7 Å². The largest absolute Gasteiger partial charge is 0.364 e. The molecular weight excluding hydrogens is 272 g/mol. The number of carbonyl (C=O) groups excluding carboxylic acids is 1. The number of hydrogen-bond acceptors (Lipinski definition) is 5. The molecule has 0 bridgehead atoms. The van der Waals surface area contributed by atoms with E-state index in [1.807, 2.05) is 6.92 Å². The van der Waals surface area contributed by atoms with Crippen LogP contribution < -0.4 is 10.6 Å². The van der Waals surface area contributed by atoms with E-state index in [0.29, 0.717) is 6.54 Å². The van der Waals surface area contributed by atoms with Crippen molar-refractivity contribution in [2.24, 2.45) is 0 Å². The molecule has 0 fully saturated rings. The van der Waals surface area contributed by atoms with E-state index in [9.17, 15) is 14.9 Å². The van der Waals surface area contributed by atoms with Crippen LogP contribution in [0.25, 0.3) is 0 Å². The lowest BCUT2D eigenvalue weighted by atomic mass is 10.3. The molecule has 0 spiro atoms. The first-order chi connectivity index (χ1) is 9.04. The molecule has 0 saturated heterocycles. The summed E-state index contributed by atoms with van der Waals surface area (Å²) in [5, 5.41) is 16.4. The fourth-order valence-electron chi connectivity index (χ4n) is 1.35. The number of anilines is 1. The summed E-state index contributed by atoms with van der Waals surface area (Å²) in [6.45, 7) is 2.83. The average Bonchev–Trinajstić information content (AvgIpc) is 2.36. The molecule has 1 amide bonds. The molecule has 2 N–H and O–H groups in total. The molecule has 0 unspecified atom stereocenters. The van der Waals surface area contributed by atoms with Crippen molar-refractivity contribution < 1.29 is 9.72 Å². The fourth-order valence-corrected chi connectivity index (χ4v) is 1.50. The highest BCUT2D eigenvalue weighted by atomic mass is 35.5. The van der Waals surface area contributed by atoms with Crippen LogP contribution in [0, 0.1) is 10.1 Å². The first-order valence-corrected chi connectivity index (χ1v) is 6.24. The molecule has 1 aromatic heterocycles. The minimum atomic E-state index is -0.553. The molecule has 0 aromatic carbocycles. The maximum absolute atomic E-state index is 11.3. The lowest BCUT2D eigenvalue weighted by Crippen LogP contribution is -2.26. The number of nitrogens with one attached hydrogen (secondary N) is 2. The van der Waals surface area contributed by atoms with Gasteiger partial charge in [0.25, 0.3) is 0 Å². The van der Waals surface area contributed by atoms with E-state index in [1.165, 1.54) is 12.1 Å². The lowest BCUT2D eigenvalue weighted by molar-refractivity contribution is -0.384. The summed E-state index contributed by atoms with van der Waals surface area (Å²) in [6.07, 6.45) is 1.08. The zero-order valence-corrected chi connectivity index (χ0v) is 11.2. The van der Waals surface area contributed by atoms with Gasteiger partial charge in [0.05, 0.1) is 4.92 Å². The Balaban J connectivity index is 2.55. The number of pyridine rings is 1. The Kier molecular flexibility index (Phi) is 6.01. The summed E-state index contributed by atoms with van der Waals surface area (Å²) < 4.78 is 0. The standard InChI is InChI=1S/C11H15ClN4O3/c1-2-6-13-10(17)5-7-14-11-8(16(18)19)3-4-9(12)15-11/h3-4H,2,5-7H2,1H3,(H,13,17)(H,14,15). The number of halogens is 1. The van der Waals surface area contributed by atoms with E-state index in [2.05, 4.69) is 15.6 Å². The van der Waals surface area contributed by atoms with Gasteiger partial charge in [-0.2, -0.15) is 0 Å². The van der Waals surface area contributed by atoms with E-state index < -0.39 is 4.92 Å². The molecule has 0 radical (unpaired) electrons. The Morgan fingerprint density at radius 1 is 1.47 bits per heavy atom. The lowest BCUT2D eigenvalue weighted by Gasteiger charge is -2.06. The molecule has 19 heavy (non-hydrogen) atoms. The number of nitro groups is 1. The molecule has 0 saturated carbocycles. The van der Waals surface area contributed by atoms with E-state index in [-0.39, 0.29) is 35.5 Å². The van der Waals surface area contributed by atoms with Gasteiger partial charge < -0.3 is 10.6 Å². The number of aromatic nitrogens is 1. The Morgan fingerprint density at radius 2 is 2.21 bits per heavy atom. The van der Waals surface area contributed by atoms with Gasteiger partial charge in [-0.05, 0) is 12.5 Å². The van der Waals surface area contributed by atoms with Gasteiger partial charge >= 0.3 is 5.69 Å². The number of amides is 1. The molecule has 0 aliphatic heterocycles. The van der Waals surface area contributed by atoms with Crippen molar-refractivity contribution in [3.05, 3.63) is 27.4 Å². The van der Waals surface area contributed by atoms with Crippen molar-refractivity contribution in [2.45, 2.75) is 19.8 Å². The molecule has 8 heteroatoms. The topological polar surface area (TPSA) is 97.2 Å². The van der Waals surface area contributed by atoms with E-state index in [0.717, 1.165) is 6.42 Å². The number of rotatable bonds is 7. The van der Waals surface area contributed by atoms with Crippen molar-refractivity contribution >= 4 is 29.0 Å². The van der Waals surface area contributed by atoms with E-state index in [1.54, 1.807) is 0 Å². The minimum absolute atomic E-state index is 0.0702. The summed E-state index contributed by atoms with van der Waals surface area (Å²) in [5.74, 6) is -0.0418. The molecule has 1 aromatic rings. The van der Waals surface area contributed by atoms with Crippen LogP contribution in [-0.4, -0.2) is 28.9 Å². The van der Waals surface area contributed by atoms with Gasteiger partial charge in [0, 0.05) is 25.6 Å². The van der Waals surface area contributed by atoms with E-state index in [4.69, 9.17) is 11.6 Å². The number of nitrogens with zero attached hydrogens (tertiary/aromatic N) is 2. The van der Waals surface area contributed by atoms with Crippen molar-refractivity contribution in [1.82, 2.24) is 10.3 Å². The van der Waals surface area contributed by atoms with Gasteiger partial charge in [-0.1, -0.05) is 18.5 Å². The smallest absolute Gasteiger partial charge is 0.311 e. The van der Waals surface area contributed by atoms with Crippen molar-refractivity contribution in [3.8, 4) is 0 Å². The normalized spacial score (nSPS) is 10.0. The van der Waals surface area contributed by atoms with Crippen LogP contribution in [0.5, 0.6) is 0 Å². The third-order valence-corrected chi connectivity index (χ3v) is 2.46. The summed E-state index contributed by atoms with van der Waals surface area (Å²) in [7, 11) is 0. The zero-order valence-electron chi connectivity index (χ0n) is 10.5. The van der Waals surface area contributed by atoms with Crippen LogP contribution in [0.2, 0.25) is 5.15 Å². The minimum Gasteiger partial charge on any atom is -0.364 e. The summed E-state index contributed by atoms with van der Waals surface area (Å²) >= 11 is 5.68. The highest BCUT2D eigenvalue weighted by molar-refractivity contribution is 6.29. The maximum atomic E-state index is 11.3. The van der Waals surface area contributed by atoms with Crippen LogP contribution in [-0.2, 0) is 4.79 Å². The quantitative estimate of drug-likeness (QED) is 0.454. The second-order valence-corrected chi connectivity index (χ2v) is 4.17. The SMILES string of the molecule is CCCNC(=O)CCNc1nc(Cl)ccc1[N+](=O)[O-]. The first kappa shape index (κ1) is 15.2. The summed E-state index contributed by atoms with van der Waals surface area (Å²) in [4.78, 5) is 25.4. The predicted octanol–water partition coefficient (Wildman–Crippen LogP) is 1.97. The van der Waals surface area contributed by atoms with E-state index >= 15 is 0 Å². The van der Waals surface area contributed by atoms with Crippen molar-refractivity contribution in [3.63, 3.8) is 0 Å². The Bertz CT molecular complexity index is 467. The molecule has 7 nitrogen and oxygen atoms in total. The number of carbonyl (C=O) groups is 1. The number of hydrogen-bond donors (Lipinski definition) is 2. The highest BCUT2D eigenvalue weighted by Crippen LogP contribution is 2.23. The Hall–Kier alpha value is -1.89. The summed E-state index contributed by atoms with van der Waals surface area (Å²) in [6, 6.07) is 2.62. The average molecular weight is 287 g/mol. The highest BCUT2D eigenvalue weighted by Gasteiger charge is 2.15. The van der Waals surface area contributed by atoms with Crippen molar-refractivity contribution in [1.29, 1.82) is 0 Å². The van der Waals surface area contributed by atoms with Crippen LogP contribution in [0.3, 0.4) is 0 Å². The third-order valence-electron chi connectivity index (χ3n) is 2.25. The van der Waals surface area contributed by atoms with Crippen LogP contribution in [0.15, 0.2) is 12.1 Å².